The van der Waals surface area contributed by atoms with Crippen molar-refractivity contribution in [2.75, 3.05) is 17.6 Å². The van der Waals surface area contributed by atoms with Gasteiger partial charge < -0.3 is 11.1 Å². The van der Waals surface area contributed by atoms with Crippen LogP contribution >= 0.6 is 27.5 Å². The summed E-state index contributed by atoms with van der Waals surface area (Å²) in [6, 6.07) is 11.8. The highest BCUT2D eigenvalue weighted by Gasteiger charge is 2.02. The highest BCUT2D eigenvalue weighted by molar-refractivity contribution is 9.10. The number of aryl methyl sites for hydroxylation is 1. The van der Waals surface area contributed by atoms with Crippen LogP contribution in [0.15, 0.2) is 40.9 Å². The maximum absolute atomic E-state index is 5.96. The predicted molar refractivity (Wildman–Crippen MR) is 86.9 cm³/mol. The van der Waals surface area contributed by atoms with Crippen LogP contribution in [0.2, 0.25) is 5.02 Å². The molecule has 0 aliphatic carbocycles. The average molecular weight is 340 g/mol. The van der Waals surface area contributed by atoms with Gasteiger partial charge in [-0.2, -0.15) is 0 Å². The number of rotatable bonds is 4. The van der Waals surface area contributed by atoms with Crippen LogP contribution in [-0.4, -0.2) is 6.54 Å². The van der Waals surface area contributed by atoms with E-state index in [2.05, 4.69) is 46.4 Å². The molecule has 0 aromatic heterocycles. The number of nitrogens with two attached hydrogens (primary N) is 1. The highest BCUT2D eigenvalue weighted by Crippen LogP contribution is 2.23. The lowest BCUT2D eigenvalue weighted by molar-refractivity contribution is 1.00. The Labute approximate surface area is 127 Å². The first-order valence-electron chi connectivity index (χ1n) is 6.10. The summed E-state index contributed by atoms with van der Waals surface area (Å²) in [4.78, 5) is 0. The molecule has 0 unspecified atom stereocenters. The quantitative estimate of drug-likeness (QED) is 0.796. The van der Waals surface area contributed by atoms with E-state index in [0.717, 1.165) is 28.8 Å². The molecule has 2 aromatic carbocycles. The standard InChI is InChI=1S/C15H16BrClN2/c1-10-2-3-12(16)8-11(10)6-7-19-15-9-13(17)4-5-14(15)18/h2-5,8-9,19H,6-7,18H2,1H3. The minimum Gasteiger partial charge on any atom is -0.397 e. The van der Waals surface area contributed by atoms with Crippen molar-refractivity contribution in [1.29, 1.82) is 0 Å². The monoisotopic (exact) mass is 338 g/mol. The van der Waals surface area contributed by atoms with Crippen LogP contribution in [0.4, 0.5) is 11.4 Å². The molecule has 0 amide bonds. The van der Waals surface area contributed by atoms with Gasteiger partial charge in [-0.05, 0) is 54.8 Å². The maximum atomic E-state index is 5.96. The van der Waals surface area contributed by atoms with E-state index in [1.165, 1.54) is 11.1 Å². The zero-order valence-corrected chi connectivity index (χ0v) is 13.1. The van der Waals surface area contributed by atoms with Crippen LogP contribution < -0.4 is 11.1 Å². The van der Waals surface area contributed by atoms with E-state index in [1.54, 1.807) is 6.07 Å². The minimum absolute atomic E-state index is 0.690. The summed E-state index contributed by atoms with van der Waals surface area (Å²) < 4.78 is 1.11. The van der Waals surface area contributed by atoms with Gasteiger partial charge in [-0.15, -0.1) is 0 Å². The second kappa shape index (κ2) is 6.31. The average Bonchev–Trinajstić information content (AvgIpc) is 2.38. The Morgan fingerprint density at radius 2 is 2.00 bits per heavy atom. The molecule has 3 N–H and O–H groups in total. The van der Waals surface area contributed by atoms with Gasteiger partial charge >= 0.3 is 0 Å². The van der Waals surface area contributed by atoms with Crippen molar-refractivity contribution in [3.8, 4) is 0 Å². The summed E-state index contributed by atoms with van der Waals surface area (Å²) in [7, 11) is 0. The van der Waals surface area contributed by atoms with Gasteiger partial charge in [0.1, 0.15) is 0 Å². The lowest BCUT2D eigenvalue weighted by atomic mass is 10.1. The first-order valence-corrected chi connectivity index (χ1v) is 7.27. The summed E-state index contributed by atoms with van der Waals surface area (Å²) >= 11 is 9.45. The molecule has 0 saturated carbocycles. The smallest absolute Gasteiger partial charge is 0.0588 e. The number of nitrogen functional groups attached to an aromatic ring is 1. The van der Waals surface area contributed by atoms with E-state index < -0.39 is 0 Å². The van der Waals surface area contributed by atoms with Gasteiger partial charge in [0, 0.05) is 16.0 Å². The molecule has 4 heteroatoms. The van der Waals surface area contributed by atoms with E-state index in [9.17, 15) is 0 Å². The third-order valence-corrected chi connectivity index (χ3v) is 3.76. The molecule has 0 aliphatic rings. The zero-order valence-electron chi connectivity index (χ0n) is 10.7. The number of hydrogen-bond acceptors (Lipinski definition) is 2. The molecule has 0 spiro atoms. The predicted octanol–water partition coefficient (Wildman–Crippen LogP) is 4.65. The summed E-state index contributed by atoms with van der Waals surface area (Å²) in [6.07, 6.45) is 0.942. The minimum atomic E-state index is 0.690. The largest absolute Gasteiger partial charge is 0.397 e. The molecular formula is C15H16BrClN2. The lowest BCUT2D eigenvalue weighted by Gasteiger charge is -2.11. The summed E-state index contributed by atoms with van der Waals surface area (Å²) in [5.41, 5.74) is 10.1. The van der Waals surface area contributed by atoms with Gasteiger partial charge in [0.2, 0.25) is 0 Å². The van der Waals surface area contributed by atoms with Crippen molar-refractivity contribution in [1.82, 2.24) is 0 Å². The molecule has 0 saturated heterocycles. The van der Waals surface area contributed by atoms with E-state index in [0.29, 0.717) is 5.02 Å². The van der Waals surface area contributed by atoms with Crippen LogP contribution in [0.3, 0.4) is 0 Å². The summed E-state index contributed by atoms with van der Waals surface area (Å²) in [6.45, 7) is 2.94. The van der Waals surface area contributed by atoms with Crippen molar-refractivity contribution in [2.24, 2.45) is 0 Å². The molecule has 0 bridgehead atoms. The summed E-state index contributed by atoms with van der Waals surface area (Å²) in [5.74, 6) is 0. The molecule has 19 heavy (non-hydrogen) atoms. The van der Waals surface area contributed by atoms with E-state index >= 15 is 0 Å². The van der Waals surface area contributed by atoms with Crippen LogP contribution in [-0.2, 0) is 6.42 Å². The second-order valence-electron chi connectivity index (χ2n) is 4.48. The second-order valence-corrected chi connectivity index (χ2v) is 5.83. The van der Waals surface area contributed by atoms with E-state index in [1.807, 2.05) is 12.1 Å². The van der Waals surface area contributed by atoms with Crippen LogP contribution in [0.25, 0.3) is 0 Å². The van der Waals surface area contributed by atoms with Gasteiger partial charge in [-0.3, -0.25) is 0 Å². The lowest BCUT2D eigenvalue weighted by Crippen LogP contribution is -2.07. The molecule has 2 nitrogen and oxygen atoms in total. The van der Waals surface area contributed by atoms with Crippen molar-refractivity contribution >= 4 is 38.9 Å². The molecule has 0 atom stereocenters. The molecule has 100 valence electrons. The van der Waals surface area contributed by atoms with Crippen LogP contribution in [0.1, 0.15) is 11.1 Å². The molecule has 0 heterocycles. The Morgan fingerprint density at radius 3 is 2.79 bits per heavy atom. The molecule has 0 aliphatic heterocycles. The number of hydrogen-bond donors (Lipinski definition) is 2. The van der Waals surface area contributed by atoms with E-state index in [-0.39, 0.29) is 0 Å². The van der Waals surface area contributed by atoms with Gasteiger partial charge in [0.25, 0.3) is 0 Å². The Kier molecular flexibility index (Phi) is 4.72. The van der Waals surface area contributed by atoms with Crippen LogP contribution in [0.5, 0.6) is 0 Å². The molecule has 2 rings (SSSR count). The first-order chi connectivity index (χ1) is 9.06. The topological polar surface area (TPSA) is 38.0 Å². The molecule has 0 fully saturated rings. The fourth-order valence-electron chi connectivity index (χ4n) is 1.92. The number of anilines is 2. The number of nitrogens with one attached hydrogen (secondary N) is 1. The maximum Gasteiger partial charge on any atom is 0.0588 e. The van der Waals surface area contributed by atoms with Gasteiger partial charge in [-0.1, -0.05) is 33.6 Å². The van der Waals surface area contributed by atoms with Crippen molar-refractivity contribution in [3.05, 3.63) is 57.0 Å². The van der Waals surface area contributed by atoms with Crippen molar-refractivity contribution in [2.45, 2.75) is 13.3 Å². The zero-order chi connectivity index (χ0) is 13.8. The van der Waals surface area contributed by atoms with Crippen molar-refractivity contribution in [3.63, 3.8) is 0 Å². The van der Waals surface area contributed by atoms with Gasteiger partial charge in [0.05, 0.1) is 11.4 Å². The van der Waals surface area contributed by atoms with Gasteiger partial charge in [-0.25, -0.2) is 0 Å². The first kappa shape index (κ1) is 14.2. The third kappa shape index (κ3) is 3.88. The van der Waals surface area contributed by atoms with Gasteiger partial charge in [0.15, 0.2) is 0 Å². The molecular weight excluding hydrogens is 324 g/mol. The fourth-order valence-corrected chi connectivity index (χ4v) is 2.50. The Balaban J connectivity index is 2.00. The molecule has 2 aromatic rings. The Hall–Kier alpha value is -1.19. The van der Waals surface area contributed by atoms with E-state index in [4.69, 9.17) is 17.3 Å². The number of benzene rings is 2. The Bertz CT molecular complexity index is 533. The normalized spacial score (nSPS) is 10.5. The molecule has 0 radical (unpaired) electrons. The SMILES string of the molecule is Cc1ccc(Br)cc1CCNc1cc(Cl)ccc1N. The third-order valence-electron chi connectivity index (χ3n) is 3.04. The fraction of sp³-hybridized carbons (Fsp3) is 0.200. The number of halogens is 2. The summed E-state index contributed by atoms with van der Waals surface area (Å²) in [5, 5.41) is 4.01. The van der Waals surface area contributed by atoms with Crippen molar-refractivity contribution < 1.29 is 0 Å². The Morgan fingerprint density at radius 1 is 1.21 bits per heavy atom. The van der Waals surface area contributed by atoms with Crippen LogP contribution in [0, 0.1) is 6.92 Å². The highest BCUT2D eigenvalue weighted by atomic mass is 79.9.